The first kappa shape index (κ1) is 19.6. The van der Waals surface area contributed by atoms with Crippen molar-refractivity contribution in [2.24, 2.45) is 0 Å². The predicted molar refractivity (Wildman–Crippen MR) is 100 cm³/mol. The van der Waals surface area contributed by atoms with E-state index in [-0.39, 0.29) is 12.2 Å². The Kier molecular flexibility index (Phi) is 7.16. The van der Waals surface area contributed by atoms with Crippen molar-refractivity contribution in [1.29, 1.82) is 0 Å². The number of rotatable bonds is 7. The second-order valence-corrected chi connectivity index (χ2v) is 6.36. The fourth-order valence-electron chi connectivity index (χ4n) is 2.00. The molecule has 0 saturated carbocycles. The third-order valence-corrected chi connectivity index (χ3v) is 4.42. The molecule has 0 atom stereocenters. The van der Waals surface area contributed by atoms with E-state index in [1.807, 2.05) is 6.26 Å². The maximum absolute atomic E-state index is 12.1. The highest BCUT2D eigenvalue weighted by molar-refractivity contribution is 7.98. The summed E-state index contributed by atoms with van der Waals surface area (Å²) in [7, 11) is 1.52. The van der Waals surface area contributed by atoms with Crippen molar-refractivity contribution in [2.75, 3.05) is 25.3 Å². The summed E-state index contributed by atoms with van der Waals surface area (Å²) in [6.07, 6.45) is 3.30. The molecule has 0 aliphatic carbocycles. The lowest BCUT2D eigenvalue weighted by atomic mass is 10.2. The lowest BCUT2D eigenvalue weighted by Crippen LogP contribution is -2.13. The minimum atomic E-state index is -0.489. The van der Waals surface area contributed by atoms with E-state index in [2.05, 4.69) is 15.3 Å². The third kappa shape index (κ3) is 4.90. The molecule has 1 N–H and O–H groups in total. The number of hydrogen-bond acceptors (Lipinski definition) is 7. The number of methoxy groups -OCH3 is 1. The van der Waals surface area contributed by atoms with Gasteiger partial charge >= 0.3 is 5.97 Å². The van der Waals surface area contributed by atoms with Crippen LogP contribution < -0.4 is 10.1 Å². The van der Waals surface area contributed by atoms with E-state index in [0.717, 1.165) is 5.56 Å². The molecular weight excluding hydrogens is 385 g/mol. The van der Waals surface area contributed by atoms with Gasteiger partial charge in [0.05, 0.1) is 18.7 Å². The molecular formula is C16H17Cl2N3O3S. The van der Waals surface area contributed by atoms with E-state index >= 15 is 0 Å². The Morgan fingerprint density at radius 2 is 2.08 bits per heavy atom. The molecule has 2 aromatic rings. The maximum Gasteiger partial charge on any atom is 0.343 e. The van der Waals surface area contributed by atoms with E-state index in [9.17, 15) is 4.79 Å². The number of hydrogen-bond donors (Lipinski definition) is 1. The molecule has 25 heavy (non-hydrogen) atoms. The average molecular weight is 402 g/mol. The SMILES string of the molecule is CCOC(=O)c1cnc(SC)nc1NCc1cc(Cl)c(OC)cc1Cl. The molecule has 0 aliphatic rings. The molecule has 0 aliphatic heterocycles. The molecule has 0 unspecified atom stereocenters. The number of halogens is 2. The number of carbonyl (C=O) groups excluding carboxylic acids is 1. The number of nitrogens with zero attached hydrogens (tertiary/aromatic N) is 2. The number of benzene rings is 1. The van der Waals surface area contributed by atoms with Crippen molar-refractivity contribution in [3.63, 3.8) is 0 Å². The number of thioether (sulfide) groups is 1. The molecule has 9 heteroatoms. The number of carbonyl (C=O) groups is 1. The molecule has 6 nitrogen and oxygen atoms in total. The molecule has 2 rings (SSSR count). The number of ether oxygens (including phenoxy) is 2. The lowest BCUT2D eigenvalue weighted by Gasteiger charge is -2.13. The number of nitrogens with one attached hydrogen (secondary N) is 1. The zero-order valence-corrected chi connectivity index (χ0v) is 16.3. The largest absolute Gasteiger partial charge is 0.495 e. The Morgan fingerprint density at radius 3 is 2.72 bits per heavy atom. The minimum Gasteiger partial charge on any atom is -0.495 e. The van der Waals surface area contributed by atoms with Crippen LogP contribution in [0.25, 0.3) is 0 Å². The van der Waals surface area contributed by atoms with Crippen molar-refractivity contribution in [3.05, 3.63) is 39.5 Å². The molecule has 1 aromatic heterocycles. The fraction of sp³-hybridized carbons (Fsp3) is 0.312. The lowest BCUT2D eigenvalue weighted by molar-refractivity contribution is 0.0526. The van der Waals surface area contributed by atoms with Crippen LogP contribution >= 0.6 is 35.0 Å². The third-order valence-electron chi connectivity index (χ3n) is 3.21. The van der Waals surface area contributed by atoms with Gasteiger partial charge < -0.3 is 14.8 Å². The van der Waals surface area contributed by atoms with Crippen LogP contribution in [0.1, 0.15) is 22.8 Å². The summed E-state index contributed by atoms with van der Waals surface area (Å²) in [5.74, 6) is 0.381. The summed E-state index contributed by atoms with van der Waals surface area (Å²) >= 11 is 13.8. The standard InChI is InChI=1S/C16H17Cl2N3O3S/c1-4-24-15(22)10-8-20-16(25-3)21-14(10)19-7-9-5-12(18)13(23-2)6-11(9)17/h5-6,8H,4,7H2,1-3H3,(H,19,20,21). The van der Waals surface area contributed by atoms with Crippen molar-refractivity contribution in [2.45, 2.75) is 18.6 Å². The van der Waals surface area contributed by atoms with E-state index in [1.54, 1.807) is 19.1 Å². The van der Waals surface area contributed by atoms with Gasteiger partial charge in [0.15, 0.2) is 5.16 Å². The number of anilines is 1. The van der Waals surface area contributed by atoms with Gasteiger partial charge in [-0.1, -0.05) is 35.0 Å². The zero-order chi connectivity index (χ0) is 18.4. The highest BCUT2D eigenvalue weighted by Gasteiger charge is 2.16. The normalized spacial score (nSPS) is 10.4. The Morgan fingerprint density at radius 1 is 1.32 bits per heavy atom. The van der Waals surface area contributed by atoms with Gasteiger partial charge in [0.2, 0.25) is 0 Å². The van der Waals surface area contributed by atoms with Gasteiger partial charge in [-0.2, -0.15) is 0 Å². The summed E-state index contributed by atoms with van der Waals surface area (Å²) < 4.78 is 10.2. The first-order valence-corrected chi connectivity index (χ1v) is 9.32. The van der Waals surface area contributed by atoms with Gasteiger partial charge in [0, 0.05) is 23.8 Å². The topological polar surface area (TPSA) is 73.3 Å². The Bertz CT molecular complexity index is 775. The summed E-state index contributed by atoms with van der Waals surface area (Å²) in [4.78, 5) is 20.5. The maximum atomic E-state index is 12.1. The van der Waals surface area contributed by atoms with Crippen LogP contribution in [-0.2, 0) is 11.3 Å². The first-order chi connectivity index (χ1) is 12.0. The molecule has 134 valence electrons. The average Bonchev–Trinajstić information content (AvgIpc) is 2.61. The smallest absolute Gasteiger partial charge is 0.343 e. The molecule has 0 spiro atoms. The Labute approximate surface area is 160 Å². The summed E-state index contributed by atoms with van der Waals surface area (Å²) in [5.41, 5.74) is 1.00. The van der Waals surface area contributed by atoms with E-state index in [1.165, 1.54) is 25.1 Å². The van der Waals surface area contributed by atoms with E-state index < -0.39 is 5.97 Å². The molecule has 1 aromatic carbocycles. The van der Waals surface area contributed by atoms with Crippen LogP contribution in [-0.4, -0.2) is 35.9 Å². The van der Waals surface area contributed by atoms with Gasteiger partial charge in [-0.25, -0.2) is 14.8 Å². The fourth-order valence-corrected chi connectivity index (χ4v) is 2.82. The van der Waals surface area contributed by atoms with Gasteiger partial charge in [0.25, 0.3) is 0 Å². The molecule has 0 radical (unpaired) electrons. The molecule has 0 amide bonds. The number of esters is 1. The van der Waals surface area contributed by atoms with Crippen LogP contribution in [0.15, 0.2) is 23.5 Å². The summed E-state index contributed by atoms with van der Waals surface area (Å²) in [6.45, 7) is 2.32. The van der Waals surface area contributed by atoms with Crippen LogP contribution in [0.4, 0.5) is 5.82 Å². The summed E-state index contributed by atoms with van der Waals surface area (Å²) in [6, 6.07) is 3.34. The Balaban J connectivity index is 2.27. The highest BCUT2D eigenvalue weighted by atomic mass is 35.5. The van der Waals surface area contributed by atoms with Gasteiger partial charge in [-0.05, 0) is 24.8 Å². The van der Waals surface area contributed by atoms with Crippen molar-refractivity contribution < 1.29 is 14.3 Å². The van der Waals surface area contributed by atoms with Gasteiger partial charge in [-0.15, -0.1) is 0 Å². The summed E-state index contributed by atoms with van der Waals surface area (Å²) in [5, 5.41) is 4.57. The second kappa shape index (κ2) is 9.12. The van der Waals surface area contributed by atoms with Crippen LogP contribution in [0.2, 0.25) is 10.0 Å². The van der Waals surface area contributed by atoms with Crippen molar-refractivity contribution in [1.82, 2.24) is 9.97 Å². The second-order valence-electron chi connectivity index (χ2n) is 4.77. The van der Waals surface area contributed by atoms with Crippen LogP contribution in [0.5, 0.6) is 5.75 Å². The van der Waals surface area contributed by atoms with Crippen LogP contribution in [0.3, 0.4) is 0 Å². The monoisotopic (exact) mass is 401 g/mol. The predicted octanol–water partition coefficient (Wildman–Crippen LogP) is 4.30. The first-order valence-electron chi connectivity index (χ1n) is 7.34. The molecule has 1 heterocycles. The number of aromatic nitrogens is 2. The Hall–Kier alpha value is -1.70. The van der Waals surface area contributed by atoms with Crippen molar-refractivity contribution in [3.8, 4) is 5.75 Å². The van der Waals surface area contributed by atoms with E-state index in [0.29, 0.717) is 33.3 Å². The van der Waals surface area contributed by atoms with Crippen molar-refractivity contribution >= 4 is 46.8 Å². The van der Waals surface area contributed by atoms with E-state index in [4.69, 9.17) is 32.7 Å². The molecule has 0 fully saturated rings. The van der Waals surface area contributed by atoms with Gasteiger partial charge in [-0.3, -0.25) is 0 Å². The minimum absolute atomic E-state index is 0.260. The zero-order valence-electron chi connectivity index (χ0n) is 13.9. The molecule has 0 bridgehead atoms. The van der Waals surface area contributed by atoms with Gasteiger partial charge in [0.1, 0.15) is 17.1 Å². The molecule has 0 saturated heterocycles. The van der Waals surface area contributed by atoms with Crippen LogP contribution in [0, 0.1) is 0 Å². The highest BCUT2D eigenvalue weighted by Crippen LogP contribution is 2.31. The quantitative estimate of drug-likeness (QED) is 0.420.